The van der Waals surface area contributed by atoms with Crippen molar-refractivity contribution in [3.63, 3.8) is 0 Å². The summed E-state index contributed by atoms with van der Waals surface area (Å²) in [5.74, 6) is 0.722. The molecule has 2 aromatic rings. The third kappa shape index (κ3) is 4.85. The maximum atomic E-state index is 13.2. The highest BCUT2D eigenvalue weighted by Crippen LogP contribution is 2.35. The normalized spacial score (nSPS) is 17.2. The zero-order chi connectivity index (χ0) is 20.8. The van der Waals surface area contributed by atoms with Crippen LogP contribution in [0.5, 0.6) is 5.75 Å². The van der Waals surface area contributed by atoms with Gasteiger partial charge in [0.1, 0.15) is 30.7 Å². The van der Waals surface area contributed by atoms with Gasteiger partial charge in [0.2, 0.25) is 5.76 Å². The number of carbonyl (C=O) groups excluding carboxylic acids is 1. The Balaban J connectivity index is 1.55. The van der Waals surface area contributed by atoms with E-state index in [0.717, 1.165) is 55.2 Å². The van der Waals surface area contributed by atoms with E-state index >= 15 is 0 Å². The Kier molecular flexibility index (Phi) is 7.03. The van der Waals surface area contributed by atoms with Crippen LogP contribution in [0.25, 0.3) is 10.2 Å². The molecule has 0 unspecified atom stereocenters. The van der Waals surface area contributed by atoms with Gasteiger partial charge < -0.3 is 18.9 Å². The van der Waals surface area contributed by atoms with Crippen molar-refractivity contribution in [2.75, 3.05) is 64.1 Å². The molecule has 30 heavy (non-hydrogen) atoms. The van der Waals surface area contributed by atoms with Gasteiger partial charge in [-0.15, -0.1) is 0 Å². The van der Waals surface area contributed by atoms with Gasteiger partial charge in [0.15, 0.2) is 5.13 Å². The minimum absolute atomic E-state index is 0.219. The lowest BCUT2D eigenvalue weighted by Crippen LogP contribution is -2.40. The molecule has 1 fully saturated rings. The molecule has 3 heterocycles. The van der Waals surface area contributed by atoms with Crippen molar-refractivity contribution in [1.29, 1.82) is 0 Å². The van der Waals surface area contributed by atoms with Crippen molar-refractivity contribution in [3.8, 4) is 5.75 Å². The number of aromatic nitrogens is 1. The minimum Gasteiger partial charge on any atom is -0.494 e. The molecule has 2 aliphatic rings. The second-order valence-electron chi connectivity index (χ2n) is 7.00. The van der Waals surface area contributed by atoms with Gasteiger partial charge in [0.25, 0.3) is 5.91 Å². The van der Waals surface area contributed by atoms with E-state index < -0.39 is 0 Å². The molecule has 9 heteroatoms. The van der Waals surface area contributed by atoms with Crippen LogP contribution < -0.4 is 9.64 Å². The summed E-state index contributed by atoms with van der Waals surface area (Å²) in [5.41, 5.74) is 0.778. The lowest BCUT2D eigenvalue weighted by molar-refractivity contribution is -0.119. The molecule has 162 valence electrons. The van der Waals surface area contributed by atoms with E-state index in [-0.39, 0.29) is 11.7 Å². The first-order chi connectivity index (χ1) is 14.8. The fourth-order valence-electron chi connectivity index (χ4n) is 3.47. The standard InChI is InChI=1S/C21H27N3O5S/c1-2-28-16-5-3-6-18-19(16)22-21(30-18)24(20(25)17-15-27-13-14-29-17)8-4-7-23-9-11-26-12-10-23/h3,5-6,15H,2,4,7-14H2,1H3. The Labute approximate surface area is 180 Å². The molecule has 8 nitrogen and oxygen atoms in total. The number of thiazole rings is 1. The fraction of sp³-hybridized carbons (Fsp3) is 0.524. The van der Waals surface area contributed by atoms with Crippen LogP contribution in [-0.2, 0) is 19.0 Å². The van der Waals surface area contributed by atoms with Gasteiger partial charge in [0, 0.05) is 26.2 Å². The van der Waals surface area contributed by atoms with Crippen molar-refractivity contribution in [2.24, 2.45) is 0 Å². The molecule has 0 bridgehead atoms. The summed E-state index contributed by atoms with van der Waals surface area (Å²) in [4.78, 5) is 22.0. The summed E-state index contributed by atoms with van der Waals surface area (Å²) in [5, 5.41) is 0.638. The van der Waals surface area contributed by atoms with Gasteiger partial charge >= 0.3 is 0 Å². The number of hydrogen-bond donors (Lipinski definition) is 0. The Morgan fingerprint density at radius 1 is 1.27 bits per heavy atom. The van der Waals surface area contributed by atoms with Gasteiger partial charge in [-0.3, -0.25) is 14.6 Å². The maximum absolute atomic E-state index is 13.2. The van der Waals surface area contributed by atoms with Gasteiger partial charge in [0.05, 0.1) is 24.5 Å². The predicted octanol–water partition coefficient (Wildman–Crippen LogP) is 2.64. The second-order valence-corrected chi connectivity index (χ2v) is 8.01. The number of rotatable bonds is 8. The van der Waals surface area contributed by atoms with E-state index in [1.165, 1.54) is 17.6 Å². The topological polar surface area (TPSA) is 73.4 Å². The number of benzene rings is 1. The van der Waals surface area contributed by atoms with Gasteiger partial charge in [-0.1, -0.05) is 17.4 Å². The van der Waals surface area contributed by atoms with E-state index in [2.05, 4.69) is 4.90 Å². The number of para-hydroxylation sites is 1. The Hall–Kier alpha value is -2.36. The first-order valence-electron chi connectivity index (χ1n) is 10.3. The van der Waals surface area contributed by atoms with E-state index in [1.807, 2.05) is 25.1 Å². The number of hydrogen-bond acceptors (Lipinski definition) is 8. The molecular formula is C21H27N3O5S. The Bertz CT molecular complexity index is 894. The van der Waals surface area contributed by atoms with Crippen molar-refractivity contribution in [2.45, 2.75) is 13.3 Å². The van der Waals surface area contributed by atoms with Crippen molar-refractivity contribution >= 4 is 32.6 Å². The molecule has 1 saturated heterocycles. The lowest BCUT2D eigenvalue weighted by Gasteiger charge is -2.28. The van der Waals surface area contributed by atoms with E-state index in [4.69, 9.17) is 23.9 Å². The summed E-state index contributed by atoms with van der Waals surface area (Å²) < 4.78 is 23.0. The van der Waals surface area contributed by atoms with Crippen LogP contribution in [0.2, 0.25) is 0 Å². The minimum atomic E-state index is -0.228. The molecule has 1 amide bonds. The molecule has 0 radical (unpaired) electrons. The highest BCUT2D eigenvalue weighted by atomic mass is 32.1. The summed E-state index contributed by atoms with van der Waals surface area (Å²) in [7, 11) is 0. The highest BCUT2D eigenvalue weighted by Gasteiger charge is 2.26. The quantitative estimate of drug-likeness (QED) is 0.634. The number of anilines is 1. The van der Waals surface area contributed by atoms with Gasteiger partial charge in [-0.2, -0.15) is 0 Å². The molecule has 0 atom stereocenters. The first kappa shape index (κ1) is 20.9. The molecule has 0 aliphatic carbocycles. The molecular weight excluding hydrogens is 406 g/mol. The van der Waals surface area contributed by atoms with Crippen molar-refractivity contribution in [3.05, 3.63) is 30.2 Å². The van der Waals surface area contributed by atoms with Crippen molar-refractivity contribution in [1.82, 2.24) is 9.88 Å². The largest absolute Gasteiger partial charge is 0.494 e. The molecule has 0 saturated carbocycles. The number of carbonyl (C=O) groups is 1. The monoisotopic (exact) mass is 433 g/mol. The second kappa shape index (κ2) is 10.1. The van der Waals surface area contributed by atoms with E-state index in [1.54, 1.807) is 4.90 Å². The molecule has 1 aromatic heterocycles. The van der Waals surface area contributed by atoms with Gasteiger partial charge in [-0.05, 0) is 25.5 Å². The highest BCUT2D eigenvalue weighted by molar-refractivity contribution is 7.22. The molecule has 0 N–H and O–H groups in total. The summed E-state index contributed by atoms with van der Waals surface area (Å²) >= 11 is 1.48. The number of fused-ring (bicyclic) bond motifs is 1. The Morgan fingerprint density at radius 3 is 2.90 bits per heavy atom. The summed E-state index contributed by atoms with van der Waals surface area (Å²) in [6.45, 7) is 8.15. The van der Waals surface area contributed by atoms with Crippen LogP contribution >= 0.6 is 11.3 Å². The molecule has 0 spiro atoms. The van der Waals surface area contributed by atoms with Crippen LogP contribution in [0.1, 0.15) is 13.3 Å². The average Bonchev–Trinajstić information content (AvgIpc) is 3.23. The predicted molar refractivity (Wildman–Crippen MR) is 115 cm³/mol. The van der Waals surface area contributed by atoms with E-state index in [0.29, 0.717) is 31.5 Å². The fourth-order valence-corrected chi connectivity index (χ4v) is 4.48. The molecule has 4 rings (SSSR count). The first-order valence-corrected chi connectivity index (χ1v) is 11.2. The van der Waals surface area contributed by atoms with Crippen LogP contribution in [0.4, 0.5) is 5.13 Å². The molecule has 1 aromatic carbocycles. The maximum Gasteiger partial charge on any atom is 0.298 e. The van der Waals surface area contributed by atoms with Crippen LogP contribution in [0, 0.1) is 0 Å². The van der Waals surface area contributed by atoms with Crippen LogP contribution in [0.3, 0.4) is 0 Å². The zero-order valence-corrected chi connectivity index (χ0v) is 18.0. The van der Waals surface area contributed by atoms with Gasteiger partial charge in [-0.25, -0.2) is 4.98 Å². The van der Waals surface area contributed by atoms with E-state index in [9.17, 15) is 4.79 Å². The number of ether oxygens (including phenoxy) is 4. The summed E-state index contributed by atoms with van der Waals surface area (Å²) in [6.07, 6.45) is 2.23. The third-order valence-electron chi connectivity index (χ3n) is 4.97. The molecule has 2 aliphatic heterocycles. The van der Waals surface area contributed by atoms with Crippen LogP contribution in [0.15, 0.2) is 30.2 Å². The average molecular weight is 434 g/mol. The zero-order valence-electron chi connectivity index (χ0n) is 17.2. The SMILES string of the molecule is CCOc1cccc2sc(N(CCCN3CCOCC3)C(=O)C3=COCCO3)nc12. The van der Waals surface area contributed by atoms with Crippen molar-refractivity contribution < 1.29 is 23.7 Å². The third-order valence-corrected chi connectivity index (χ3v) is 6.01. The smallest absolute Gasteiger partial charge is 0.298 e. The summed E-state index contributed by atoms with van der Waals surface area (Å²) in [6, 6.07) is 5.84. The number of amides is 1. The number of morpholine rings is 1. The van der Waals surface area contributed by atoms with Crippen LogP contribution in [-0.4, -0.2) is 75.0 Å². The number of nitrogens with zero attached hydrogens (tertiary/aromatic N) is 3. The lowest BCUT2D eigenvalue weighted by atomic mass is 10.3. The Morgan fingerprint density at radius 2 is 2.13 bits per heavy atom.